The molecule has 0 heterocycles. The molecule has 0 aliphatic heterocycles. The first kappa shape index (κ1) is 50.4. The number of rotatable bonds is 39. The molecule has 306 valence electrons. The van der Waals surface area contributed by atoms with Gasteiger partial charge in [0.15, 0.2) is 6.10 Å². The van der Waals surface area contributed by atoms with Crippen LogP contribution in [0.3, 0.4) is 0 Å². The van der Waals surface area contributed by atoms with Crippen LogP contribution in [-0.2, 0) is 28.6 Å². The first-order valence-corrected chi connectivity index (χ1v) is 22.1. The molecule has 0 aliphatic rings. The molecule has 1 atom stereocenters. The minimum Gasteiger partial charge on any atom is -0.462 e. The molecule has 0 saturated heterocycles. The fourth-order valence-electron chi connectivity index (χ4n) is 5.92. The fraction of sp³-hybridized carbons (Fsp3) is 0.766. The normalized spacial score (nSPS) is 12.4. The SMILES string of the molecule is CCC/C=C\CCCCCCCC(=O)OC(COC(=O)CCCCCCCC)COC(=O)CCCCCCCC/C=C\C/C=C\C/C=C\CCCCC. The lowest BCUT2D eigenvalue weighted by atomic mass is 10.1. The van der Waals surface area contributed by atoms with Gasteiger partial charge in [0, 0.05) is 19.3 Å². The Bertz CT molecular complexity index is 949. The molecule has 53 heavy (non-hydrogen) atoms. The molecule has 0 bridgehead atoms. The van der Waals surface area contributed by atoms with Crippen LogP contribution in [0.2, 0.25) is 0 Å². The lowest BCUT2D eigenvalue weighted by Gasteiger charge is -2.18. The Balaban J connectivity index is 4.25. The number of carbonyl (C=O) groups is 3. The molecule has 0 spiro atoms. The summed E-state index contributed by atoms with van der Waals surface area (Å²) < 4.78 is 16.6. The van der Waals surface area contributed by atoms with Crippen LogP contribution in [-0.4, -0.2) is 37.2 Å². The third-order valence-electron chi connectivity index (χ3n) is 9.29. The van der Waals surface area contributed by atoms with Gasteiger partial charge in [0.2, 0.25) is 0 Å². The van der Waals surface area contributed by atoms with Crippen LogP contribution in [0, 0.1) is 0 Å². The van der Waals surface area contributed by atoms with E-state index in [1.807, 2.05) is 0 Å². The second kappa shape index (κ2) is 42.1. The molecule has 1 unspecified atom stereocenters. The summed E-state index contributed by atoms with van der Waals surface area (Å²) in [4.78, 5) is 37.4. The molecule has 6 nitrogen and oxygen atoms in total. The molecule has 0 aromatic heterocycles. The molecule has 0 aliphatic carbocycles. The van der Waals surface area contributed by atoms with Crippen molar-refractivity contribution < 1.29 is 28.6 Å². The minimum absolute atomic E-state index is 0.0814. The maximum Gasteiger partial charge on any atom is 0.306 e. The molecule has 6 heteroatoms. The first-order valence-electron chi connectivity index (χ1n) is 22.1. The summed E-state index contributed by atoms with van der Waals surface area (Å²) in [6.07, 6.45) is 48.3. The number of ether oxygens (including phenoxy) is 3. The van der Waals surface area contributed by atoms with Gasteiger partial charge in [-0.1, -0.05) is 166 Å². The minimum atomic E-state index is -0.776. The average Bonchev–Trinajstić information content (AvgIpc) is 3.15. The zero-order valence-corrected chi connectivity index (χ0v) is 34.8. The van der Waals surface area contributed by atoms with Gasteiger partial charge in [0.25, 0.3) is 0 Å². The van der Waals surface area contributed by atoms with E-state index in [9.17, 15) is 14.4 Å². The second-order valence-corrected chi connectivity index (χ2v) is 14.6. The highest BCUT2D eigenvalue weighted by atomic mass is 16.6. The van der Waals surface area contributed by atoms with Crippen LogP contribution in [0.25, 0.3) is 0 Å². The smallest absolute Gasteiger partial charge is 0.306 e. The van der Waals surface area contributed by atoms with Crippen molar-refractivity contribution in [2.24, 2.45) is 0 Å². The van der Waals surface area contributed by atoms with Gasteiger partial charge in [-0.2, -0.15) is 0 Å². The van der Waals surface area contributed by atoms with E-state index >= 15 is 0 Å². The molecule has 0 radical (unpaired) electrons. The number of hydrogen-bond acceptors (Lipinski definition) is 6. The lowest BCUT2D eigenvalue weighted by Crippen LogP contribution is -2.30. The van der Waals surface area contributed by atoms with E-state index in [0.717, 1.165) is 96.3 Å². The summed E-state index contributed by atoms with van der Waals surface area (Å²) in [5.74, 6) is -0.919. The molecule has 0 saturated carbocycles. The summed E-state index contributed by atoms with van der Waals surface area (Å²) >= 11 is 0. The van der Waals surface area contributed by atoms with Gasteiger partial charge in [-0.15, -0.1) is 0 Å². The third kappa shape index (κ3) is 40.4. The number of esters is 3. The van der Waals surface area contributed by atoms with E-state index in [1.54, 1.807) is 0 Å². The van der Waals surface area contributed by atoms with Crippen molar-refractivity contribution in [1.82, 2.24) is 0 Å². The monoisotopic (exact) mass is 743 g/mol. The van der Waals surface area contributed by atoms with Gasteiger partial charge < -0.3 is 14.2 Å². The van der Waals surface area contributed by atoms with Crippen molar-refractivity contribution in [1.29, 1.82) is 0 Å². The maximum absolute atomic E-state index is 12.6. The second-order valence-electron chi connectivity index (χ2n) is 14.6. The molecule has 0 rings (SSSR count). The van der Waals surface area contributed by atoms with Gasteiger partial charge in [-0.05, 0) is 77.0 Å². The lowest BCUT2D eigenvalue weighted by molar-refractivity contribution is -0.167. The van der Waals surface area contributed by atoms with Crippen molar-refractivity contribution in [2.45, 2.75) is 219 Å². The van der Waals surface area contributed by atoms with E-state index in [2.05, 4.69) is 69.4 Å². The number of carbonyl (C=O) groups excluding carboxylic acids is 3. The van der Waals surface area contributed by atoms with Gasteiger partial charge in [-0.3, -0.25) is 14.4 Å². The fourth-order valence-corrected chi connectivity index (χ4v) is 5.92. The Morgan fingerprint density at radius 3 is 1.19 bits per heavy atom. The summed E-state index contributed by atoms with van der Waals surface area (Å²) in [6, 6.07) is 0. The quantitative estimate of drug-likeness (QED) is 0.0270. The molecule has 0 N–H and O–H groups in total. The maximum atomic E-state index is 12.6. The Kier molecular flexibility index (Phi) is 40.0. The molecule has 0 fully saturated rings. The van der Waals surface area contributed by atoms with Crippen molar-refractivity contribution in [2.75, 3.05) is 13.2 Å². The van der Waals surface area contributed by atoms with Gasteiger partial charge in [-0.25, -0.2) is 0 Å². The van der Waals surface area contributed by atoms with Gasteiger partial charge >= 0.3 is 17.9 Å². The van der Waals surface area contributed by atoms with Gasteiger partial charge in [0.05, 0.1) is 0 Å². The summed E-state index contributed by atoms with van der Waals surface area (Å²) in [5, 5.41) is 0. The molecular formula is C47H82O6. The Morgan fingerprint density at radius 2 is 0.717 bits per heavy atom. The van der Waals surface area contributed by atoms with Crippen molar-refractivity contribution >= 4 is 17.9 Å². The topological polar surface area (TPSA) is 78.9 Å². The van der Waals surface area contributed by atoms with Gasteiger partial charge in [0.1, 0.15) is 13.2 Å². The Labute approximate surface area is 327 Å². The van der Waals surface area contributed by atoms with Crippen molar-refractivity contribution in [3.63, 3.8) is 0 Å². The Morgan fingerprint density at radius 1 is 0.377 bits per heavy atom. The number of allylic oxidation sites excluding steroid dienone is 8. The standard InChI is InChI=1S/C47H82O6/c1-4-7-10-13-16-18-20-21-22-23-24-25-26-27-28-30-31-34-37-40-46(49)52-43-44(42-51-45(48)39-36-33-15-12-9-6-3)53-47(50)41-38-35-32-29-19-17-14-11-8-5-2/h11,14,16,18,21-22,24-25,44H,4-10,12-13,15,17,19-20,23,26-43H2,1-3H3/b14-11-,18-16-,22-21-,25-24-. The van der Waals surface area contributed by atoms with E-state index < -0.39 is 6.10 Å². The third-order valence-corrected chi connectivity index (χ3v) is 9.29. The van der Waals surface area contributed by atoms with Crippen molar-refractivity contribution in [3.8, 4) is 0 Å². The van der Waals surface area contributed by atoms with Crippen LogP contribution < -0.4 is 0 Å². The highest BCUT2D eigenvalue weighted by molar-refractivity contribution is 5.71. The van der Waals surface area contributed by atoms with E-state index in [0.29, 0.717) is 19.3 Å². The summed E-state index contributed by atoms with van der Waals surface area (Å²) in [7, 11) is 0. The number of hydrogen-bond donors (Lipinski definition) is 0. The summed E-state index contributed by atoms with van der Waals surface area (Å²) in [6.45, 7) is 6.45. The van der Waals surface area contributed by atoms with Crippen molar-refractivity contribution in [3.05, 3.63) is 48.6 Å². The van der Waals surface area contributed by atoms with E-state index in [1.165, 1.54) is 77.0 Å². The van der Waals surface area contributed by atoms with Crippen LogP contribution in [0.5, 0.6) is 0 Å². The van der Waals surface area contributed by atoms with E-state index in [-0.39, 0.29) is 31.1 Å². The predicted octanol–water partition coefficient (Wildman–Crippen LogP) is 14.0. The molecule has 0 aromatic carbocycles. The number of unbranched alkanes of at least 4 members (excludes halogenated alkanes) is 20. The van der Waals surface area contributed by atoms with E-state index in [4.69, 9.17) is 14.2 Å². The van der Waals surface area contributed by atoms with Crippen LogP contribution in [0.4, 0.5) is 0 Å². The molecular weight excluding hydrogens is 661 g/mol. The van der Waals surface area contributed by atoms with Crippen LogP contribution in [0.1, 0.15) is 213 Å². The van der Waals surface area contributed by atoms with Crippen LogP contribution in [0.15, 0.2) is 48.6 Å². The average molecular weight is 743 g/mol. The largest absolute Gasteiger partial charge is 0.462 e. The Hall–Kier alpha value is -2.63. The summed E-state index contributed by atoms with van der Waals surface area (Å²) in [5.41, 5.74) is 0. The first-order chi connectivity index (χ1) is 26.0. The molecule has 0 aromatic rings. The zero-order chi connectivity index (χ0) is 38.7. The zero-order valence-electron chi connectivity index (χ0n) is 34.8. The highest BCUT2D eigenvalue weighted by Crippen LogP contribution is 2.13. The van der Waals surface area contributed by atoms with Crippen LogP contribution >= 0.6 is 0 Å². The molecule has 0 amide bonds. The predicted molar refractivity (Wildman–Crippen MR) is 224 cm³/mol. The highest BCUT2D eigenvalue weighted by Gasteiger charge is 2.19.